The molecule has 1 aromatic heterocycles. The molecule has 0 bridgehead atoms. The van der Waals surface area contributed by atoms with E-state index >= 15 is 0 Å². The van der Waals surface area contributed by atoms with Crippen LogP contribution in [0, 0.1) is 12.3 Å². The van der Waals surface area contributed by atoms with Crippen LogP contribution in [-0.2, 0) is 13.1 Å². The van der Waals surface area contributed by atoms with Crippen LogP contribution in [0.25, 0.3) is 0 Å². The molecule has 1 aliphatic heterocycles. The van der Waals surface area contributed by atoms with Crippen molar-refractivity contribution in [2.45, 2.75) is 60.0 Å². The molecule has 0 unspecified atom stereocenters. The number of nitrogens with zero attached hydrogens (tertiary/aromatic N) is 1. The second kappa shape index (κ2) is 6.77. The van der Waals surface area contributed by atoms with Gasteiger partial charge in [-0.25, -0.2) is 0 Å². The van der Waals surface area contributed by atoms with Crippen molar-refractivity contribution in [3.63, 3.8) is 0 Å². The molecule has 0 saturated carbocycles. The molecule has 0 spiro atoms. The zero-order valence-electron chi connectivity index (χ0n) is 13.6. The average Bonchev–Trinajstić information content (AvgIpc) is 2.69. The van der Waals surface area contributed by atoms with Gasteiger partial charge in [0.05, 0.1) is 6.54 Å². The summed E-state index contributed by atoms with van der Waals surface area (Å²) in [6, 6.07) is 2.24. The van der Waals surface area contributed by atoms with Crippen LogP contribution in [0.2, 0.25) is 0 Å². The fourth-order valence-electron chi connectivity index (χ4n) is 3.14. The van der Waals surface area contributed by atoms with Crippen LogP contribution >= 0.6 is 0 Å². The van der Waals surface area contributed by atoms with Gasteiger partial charge in [-0.05, 0) is 50.8 Å². The molecule has 114 valence electrons. The van der Waals surface area contributed by atoms with Gasteiger partial charge in [-0.3, -0.25) is 4.90 Å². The largest absolute Gasteiger partial charge is 0.465 e. The summed E-state index contributed by atoms with van der Waals surface area (Å²) < 4.78 is 5.87. The topological polar surface area (TPSA) is 28.4 Å². The zero-order chi connectivity index (χ0) is 14.6. The fraction of sp³-hybridized carbons (Fsp3) is 0.765. The summed E-state index contributed by atoms with van der Waals surface area (Å²) in [5.74, 6) is 2.16. The van der Waals surface area contributed by atoms with Gasteiger partial charge in [-0.15, -0.1) is 0 Å². The minimum absolute atomic E-state index is 0.460. The average molecular weight is 278 g/mol. The predicted molar refractivity (Wildman–Crippen MR) is 83.7 cm³/mol. The van der Waals surface area contributed by atoms with E-state index in [0.717, 1.165) is 37.6 Å². The predicted octanol–water partition coefficient (Wildman–Crippen LogP) is 3.71. The molecule has 0 aromatic carbocycles. The van der Waals surface area contributed by atoms with E-state index in [1.807, 2.05) is 0 Å². The lowest BCUT2D eigenvalue weighted by molar-refractivity contribution is 0.111. The Bertz CT molecular complexity index is 423. The van der Waals surface area contributed by atoms with Gasteiger partial charge in [0.1, 0.15) is 11.5 Å². The minimum Gasteiger partial charge on any atom is -0.465 e. The molecule has 3 nitrogen and oxygen atoms in total. The molecule has 1 saturated heterocycles. The summed E-state index contributed by atoms with van der Waals surface area (Å²) in [5.41, 5.74) is 1.82. The standard InChI is InChI=1S/C17H30N2O/c1-5-8-18-11-16-10-15(14(2)20-16)12-19-9-6-7-17(3,4)13-19/h10,18H,5-9,11-13H2,1-4H3. The molecule has 0 aliphatic carbocycles. The van der Waals surface area contributed by atoms with Gasteiger partial charge in [0, 0.05) is 18.7 Å². The van der Waals surface area contributed by atoms with Gasteiger partial charge in [-0.2, -0.15) is 0 Å². The van der Waals surface area contributed by atoms with Gasteiger partial charge in [0.2, 0.25) is 0 Å². The molecule has 20 heavy (non-hydrogen) atoms. The van der Waals surface area contributed by atoms with Gasteiger partial charge < -0.3 is 9.73 Å². The van der Waals surface area contributed by atoms with Crippen molar-refractivity contribution in [2.24, 2.45) is 5.41 Å². The first kappa shape index (κ1) is 15.6. The number of aryl methyl sites for hydroxylation is 1. The number of nitrogens with one attached hydrogen (secondary N) is 1. The van der Waals surface area contributed by atoms with Crippen LogP contribution in [0.5, 0.6) is 0 Å². The minimum atomic E-state index is 0.460. The van der Waals surface area contributed by atoms with Crippen molar-refractivity contribution >= 4 is 0 Å². The Morgan fingerprint density at radius 3 is 2.90 bits per heavy atom. The molecule has 0 amide bonds. The smallest absolute Gasteiger partial charge is 0.118 e. The van der Waals surface area contributed by atoms with Crippen molar-refractivity contribution in [2.75, 3.05) is 19.6 Å². The van der Waals surface area contributed by atoms with E-state index in [1.54, 1.807) is 0 Å². The lowest BCUT2D eigenvalue weighted by Gasteiger charge is -2.37. The Balaban J connectivity index is 1.92. The third kappa shape index (κ3) is 4.35. The van der Waals surface area contributed by atoms with E-state index in [0.29, 0.717) is 5.41 Å². The highest BCUT2D eigenvalue weighted by molar-refractivity contribution is 5.21. The van der Waals surface area contributed by atoms with E-state index in [2.05, 4.69) is 44.0 Å². The van der Waals surface area contributed by atoms with Crippen LogP contribution in [-0.4, -0.2) is 24.5 Å². The van der Waals surface area contributed by atoms with Gasteiger partial charge in [0.25, 0.3) is 0 Å². The number of likely N-dealkylation sites (tertiary alicyclic amines) is 1. The highest BCUT2D eigenvalue weighted by atomic mass is 16.3. The zero-order valence-corrected chi connectivity index (χ0v) is 13.6. The third-order valence-electron chi connectivity index (χ3n) is 4.17. The Labute approximate surface area is 123 Å². The van der Waals surface area contributed by atoms with Crippen molar-refractivity contribution in [3.8, 4) is 0 Å². The SMILES string of the molecule is CCCNCc1cc(CN2CCCC(C)(C)C2)c(C)o1. The van der Waals surface area contributed by atoms with Crippen LogP contribution < -0.4 is 5.32 Å². The van der Waals surface area contributed by atoms with Crippen LogP contribution in [0.1, 0.15) is 57.1 Å². The van der Waals surface area contributed by atoms with Crippen molar-refractivity contribution < 1.29 is 4.42 Å². The Morgan fingerprint density at radius 1 is 1.40 bits per heavy atom. The molecule has 1 N–H and O–H groups in total. The van der Waals surface area contributed by atoms with Crippen LogP contribution in [0.15, 0.2) is 10.5 Å². The number of hydrogen-bond donors (Lipinski definition) is 1. The number of piperidine rings is 1. The van der Waals surface area contributed by atoms with Crippen LogP contribution in [0.3, 0.4) is 0 Å². The summed E-state index contributed by atoms with van der Waals surface area (Å²) >= 11 is 0. The van der Waals surface area contributed by atoms with Gasteiger partial charge in [0.15, 0.2) is 0 Å². The first-order valence-electron chi connectivity index (χ1n) is 8.01. The summed E-state index contributed by atoms with van der Waals surface area (Å²) in [7, 11) is 0. The van der Waals surface area contributed by atoms with E-state index in [1.165, 1.54) is 31.5 Å². The fourth-order valence-corrected chi connectivity index (χ4v) is 3.14. The number of furan rings is 1. The number of rotatable bonds is 6. The first-order chi connectivity index (χ1) is 9.50. The van der Waals surface area contributed by atoms with Gasteiger partial charge in [-0.1, -0.05) is 20.8 Å². The lowest BCUT2D eigenvalue weighted by Crippen LogP contribution is -2.39. The third-order valence-corrected chi connectivity index (χ3v) is 4.17. The molecular formula is C17H30N2O. The highest BCUT2D eigenvalue weighted by Crippen LogP contribution is 2.29. The maximum Gasteiger partial charge on any atom is 0.118 e. The number of hydrogen-bond acceptors (Lipinski definition) is 3. The second-order valence-electron chi connectivity index (χ2n) is 6.95. The molecule has 1 aliphatic rings. The molecule has 2 rings (SSSR count). The van der Waals surface area contributed by atoms with Crippen molar-refractivity contribution in [3.05, 3.63) is 23.2 Å². The molecular weight excluding hydrogens is 248 g/mol. The summed E-state index contributed by atoms with van der Waals surface area (Å²) in [6.45, 7) is 14.4. The van der Waals surface area contributed by atoms with E-state index < -0.39 is 0 Å². The van der Waals surface area contributed by atoms with E-state index in [9.17, 15) is 0 Å². The summed E-state index contributed by atoms with van der Waals surface area (Å²) in [6.07, 6.45) is 3.82. The lowest BCUT2D eigenvalue weighted by atomic mass is 9.84. The molecule has 0 radical (unpaired) electrons. The first-order valence-corrected chi connectivity index (χ1v) is 8.01. The van der Waals surface area contributed by atoms with Crippen LogP contribution in [0.4, 0.5) is 0 Å². The Morgan fingerprint density at radius 2 is 2.20 bits per heavy atom. The normalized spacial score (nSPS) is 19.4. The summed E-state index contributed by atoms with van der Waals surface area (Å²) in [4.78, 5) is 2.57. The van der Waals surface area contributed by atoms with Crippen molar-refractivity contribution in [1.82, 2.24) is 10.2 Å². The molecule has 1 fully saturated rings. The molecule has 0 atom stereocenters. The maximum absolute atomic E-state index is 5.87. The monoisotopic (exact) mass is 278 g/mol. The second-order valence-corrected chi connectivity index (χ2v) is 6.95. The highest BCUT2D eigenvalue weighted by Gasteiger charge is 2.26. The molecule has 3 heteroatoms. The Hall–Kier alpha value is -0.800. The van der Waals surface area contributed by atoms with Gasteiger partial charge >= 0.3 is 0 Å². The van der Waals surface area contributed by atoms with Crippen molar-refractivity contribution in [1.29, 1.82) is 0 Å². The quantitative estimate of drug-likeness (QED) is 0.804. The van der Waals surface area contributed by atoms with E-state index in [4.69, 9.17) is 4.42 Å². The maximum atomic E-state index is 5.87. The molecule has 1 aromatic rings. The summed E-state index contributed by atoms with van der Waals surface area (Å²) in [5, 5.41) is 3.40. The van der Waals surface area contributed by atoms with E-state index in [-0.39, 0.29) is 0 Å². The molecule has 2 heterocycles. The Kier molecular flexibility index (Phi) is 5.28.